The number of imide groups is 1. The van der Waals surface area contributed by atoms with Gasteiger partial charge in [-0.05, 0) is 18.2 Å². The van der Waals surface area contributed by atoms with Gasteiger partial charge in [-0.2, -0.15) is 5.10 Å². The smallest absolute Gasteiger partial charge is 0.247 e. The number of hydrogen-bond acceptors (Lipinski definition) is 5. The van der Waals surface area contributed by atoms with Crippen molar-refractivity contribution >= 4 is 52.5 Å². The Labute approximate surface area is 133 Å². The van der Waals surface area contributed by atoms with Crippen LogP contribution in [0.15, 0.2) is 29.7 Å². The summed E-state index contributed by atoms with van der Waals surface area (Å²) < 4.78 is 0. The molecule has 1 fully saturated rings. The van der Waals surface area contributed by atoms with Gasteiger partial charge in [0, 0.05) is 11.4 Å². The molecule has 0 saturated carbocycles. The number of halogens is 2. The predicted octanol–water partition coefficient (Wildman–Crippen LogP) is 2.54. The number of aromatic nitrogens is 3. The molecule has 2 aromatic rings. The van der Waals surface area contributed by atoms with Gasteiger partial charge in [0.25, 0.3) is 0 Å². The molecule has 1 unspecified atom stereocenters. The van der Waals surface area contributed by atoms with E-state index < -0.39 is 5.25 Å². The van der Waals surface area contributed by atoms with Crippen LogP contribution in [-0.4, -0.2) is 32.2 Å². The molecule has 2 heterocycles. The third-order valence-electron chi connectivity index (χ3n) is 2.90. The SMILES string of the molecule is O=C1CC(Sc2ncn[nH]2)C(=O)N1c1cc(Cl)ccc1Cl. The molecule has 108 valence electrons. The second-order valence-corrected chi connectivity index (χ2v) is 6.30. The first-order valence-corrected chi connectivity index (χ1v) is 7.53. The van der Waals surface area contributed by atoms with Gasteiger partial charge in [0.2, 0.25) is 11.8 Å². The summed E-state index contributed by atoms with van der Waals surface area (Å²) in [6, 6.07) is 4.65. The van der Waals surface area contributed by atoms with Crippen molar-refractivity contribution in [3.05, 3.63) is 34.6 Å². The van der Waals surface area contributed by atoms with Gasteiger partial charge >= 0.3 is 0 Å². The number of hydrogen-bond donors (Lipinski definition) is 1. The molecule has 0 aliphatic carbocycles. The Morgan fingerprint density at radius 3 is 2.86 bits per heavy atom. The second-order valence-electron chi connectivity index (χ2n) is 4.26. The minimum absolute atomic E-state index is 0.0764. The number of rotatable bonds is 3. The quantitative estimate of drug-likeness (QED) is 0.867. The van der Waals surface area contributed by atoms with Crippen LogP contribution in [0.4, 0.5) is 5.69 Å². The fourth-order valence-electron chi connectivity index (χ4n) is 1.99. The van der Waals surface area contributed by atoms with Crippen LogP contribution in [-0.2, 0) is 9.59 Å². The molecule has 21 heavy (non-hydrogen) atoms. The van der Waals surface area contributed by atoms with Crippen molar-refractivity contribution in [3.63, 3.8) is 0 Å². The summed E-state index contributed by atoms with van der Waals surface area (Å²) in [6.45, 7) is 0. The van der Waals surface area contributed by atoms with Gasteiger partial charge in [0.05, 0.1) is 10.7 Å². The number of nitrogens with one attached hydrogen (secondary N) is 1. The Kier molecular flexibility index (Phi) is 3.88. The molecule has 0 bridgehead atoms. The van der Waals surface area contributed by atoms with Crippen LogP contribution in [0.3, 0.4) is 0 Å². The first-order chi connectivity index (χ1) is 10.1. The molecule has 1 aliphatic rings. The van der Waals surface area contributed by atoms with E-state index >= 15 is 0 Å². The van der Waals surface area contributed by atoms with Gasteiger partial charge in [-0.25, -0.2) is 9.88 Å². The van der Waals surface area contributed by atoms with E-state index in [0.29, 0.717) is 20.9 Å². The molecule has 3 rings (SSSR count). The van der Waals surface area contributed by atoms with E-state index in [1.165, 1.54) is 12.4 Å². The van der Waals surface area contributed by atoms with E-state index in [1.54, 1.807) is 12.1 Å². The number of carbonyl (C=O) groups excluding carboxylic acids is 2. The average Bonchev–Trinajstić information content (AvgIpc) is 3.03. The maximum Gasteiger partial charge on any atom is 0.247 e. The summed E-state index contributed by atoms with van der Waals surface area (Å²) in [5, 5.41) is 6.99. The number of anilines is 1. The van der Waals surface area contributed by atoms with Crippen molar-refractivity contribution in [1.82, 2.24) is 15.2 Å². The van der Waals surface area contributed by atoms with Crippen molar-refractivity contribution in [1.29, 1.82) is 0 Å². The zero-order chi connectivity index (χ0) is 15.0. The Morgan fingerprint density at radius 1 is 1.33 bits per heavy atom. The number of nitrogens with zero attached hydrogens (tertiary/aromatic N) is 3. The standard InChI is InChI=1S/C12H8Cl2N4O2S/c13-6-1-2-7(14)8(3-6)18-10(19)4-9(11(18)20)21-12-15-5-16-17-12/h1-3,5,9H,4H2,(H,15,16,17). The van der Waals surface area contributed by atoms with Crippen LogP contribution in [0.5, 0.6) is 0 Å². The largest absolute Gasteiger partial charge is 0.274 e. The number of thioether (sulfide) groups is 1. The highest BCUT2D eigenvalue weighted by molar-refractivity contribution is 8.00. The van der Waals surface area contributed by atoms with Crippen molar-refractivity contribution in [2.75, 3.05) is 4.90 Å². The summed E-state index contributed by atoms with van der Waals surface area (Å²) in [4.78, 5) is 29.6. The number of benzene rings is 1. The maximum absolute atomic E-state index is 12.4. The molecule has 0 radical (unpaired) electrons. The fourth-order valence-corrected chi connectivity index (χ4v) is 3.28. The predicted molar refractivity (Wildman–Crippen MR) is 79.6 cm³/mol. The first kappa shape index (κ1) is 14.4. The van der Waals surface area contributed by atoms with Crippen LogP contribution < -0.4 is 4.90 Å². The number of amides is 2. The fraction of sp³-hybridized carbons (Fsp3) is 0.167. The van der Waals surface area contributed by atoms with Crippen LogP contribution >= 0.6 is 35.0 Å². The highest BCUT2D eigenvalue weighted by Crippen LogP contribution is 2.36. The Morgan fingerprint density at radius 2 is 2.14 bits per heavy atom. The lowest BCUT2D eigenvalue weighted by atomic mass is 10.3. The maximum atomic E-state index is 12.4. The molecular weight excluding hydrogens is 335 g/mol. The number of aromatic amines is 1. The third kappa shape index (κ3) is 2.76. The Bertz CT molecular complexity index is 707. The zero-order valence-electron chi connectivity index (χ0n) is 10.4. The molecule has 1 atom stereocenters. The van der Waals surface area contributed by atoms with Crippen molar-refractivity contribution in [2.24, 2.45) is 0 Å². The molecular formula is C12H8Cl2N4O2S. The van der Waals surface area contributed by atoms with Gasteiger partial charge < -0.3 is 0 Å². The van der Waals surface area contributed by atoms with Gasteiger partial charge in [-0.15, -0.1) is 0 Å². The summed E-state index contributed by atoms with van der Waals surface area (Å²) in [5.74, 6) is -0.660. The zero-order valence-corrected chi connectivity index (χ0v) is 12.7. The van der Waals surface area contributed by atoms with E-state index in [2.05, 4.69) is 15.2 Å². The lowest BCUT2D eigenvalue weighted by Crippen LogP contribution is -2.31. The lowest BCUT2D eigenvalue weighted by molar-refractivity contribution is -0.121. The summed E-state index contributed by atoms with van der Waals surface area (Å²) in [6.07, 6.45) is 1.42. The van der Waals surface area contributed by atoms with Crippen LogP contribution in [0, 0.1) is 0 Å². The first-order valence-electron chi connectivity index (χ1n) is 5.90. The highest BCUT2D eigenvalue weighted by atomic mass is 35.5. The van der Waals surface area contributed by atoms with Crippen LogP contribution in [0.25, 0.3) is 0 Å². The van der Waals surface area contributed by atoms with E-state index in [9.17, 15) is 9.59 Å². The minimum atomic E-state index is -0.555. The molecule has 2 amide bonds. The van der Waals surface area contributed by atoms with E-state index in [0.717, 1.165) is 16.7 Å². The average molecular weight is 343 g/mol. The molecule has 1 aromatic carbocycles. The molecule has 1 saturated heterocycles. The van der Waals surface area contributed by atoms with Gasteiger partial charge in [-0.3, -0.25) is 14.7 Å². The van der Waals surface area contributed by atoms with Crippen LogP contribution in [0.2, 0.25) is 10.0 Å². The molecule has 0 spiro atoms. The van der Waals surface area contributed by atoms with Crippen molar-refractivity contribution < 1.29 is 9.59 Å². The van der Waals surface area contributed by atoms with Crippen molar-refractivity contribution in [2.45, 2.75) is 16.8 Å². The minimum Gasteiger partial charge on any atom is -0.274 e. The molecule has 9 heteroatoms. The number of H-pyrrole nitrogens is 1. The number of carbonyl (C=O) groups is 2. The third-order valence-corrected chi connectivity index (χ3v) is 4.53. The van der Waals surface area contributed by atoms with Gasteiger partial charge in [-0.1, -0.05) is 35.0 Å². The summed E-state index contributed by atoms with van der Waals surface area (Å²) in [7, 11) is 0. The molecule has 1 N–H and O–H groups in total. The van der Waals surface area contributed by atoms with Gasteiger partial charge in [0.15, 0.2) is 5.16 Å². The monoisotopic (exact) mass is 342 g/mol. The van der Waals surface area contributed by atoms with Crippen LogP contribution in [0.1, 0.15) is 6.42 Å². The summed E-state index contributed by atoms with van der Waals surface area (Å²) in [5.41, 5.74) is 0.305. The van der Waals surface area contributed by atoms with E-state index in [1.807, 2.05) is 0 Å². The van der Waals surface area contributed by atoms with Gasteiger partial charge in [0.1, 0.15) is 11.6 Å². The van der Waals surface area contributed by atoms with Crippen molar-refractivity contribution in [3.8, 4) is 0 Å². The summed E-state index contributed by atoms with van der Waals surface area (Å²) >= 11 is 13.1. The molecule has 1 aliphatic heterocycles. The molecule has 6 nitrogen and oxygen atoms in total. The Hall–Kier alpha value is -1.57. The lowest BCUT2D eigenvalue weighted by Gasteiger charge is -2.16. The normalized spacial score (nSPS) is 18.6. The topological polar surface area (TPSA) is 79.0 Å². The highest BCUT2D eigenvalue weighted by Gasteiger charge is 2.41. The second kappa shape index (κ2) is 5.67. The molecule has 1 aromatic heterocycles. The Balaban J connectivity index is 1.88. The van der Waals surface area contributed by atoms with E-state index in [-0.39, 0.29) is 18.2 Å². The van der Waals surface area contributed by atoms with E-state index in [4.69, 9.17) is 23.2 Å².